The smallest absolute Gasteiger partial charge is 0.389 e. The quantitative estimate of drug-likeness (QED) is 0.731. The van der Waals surface area contributed by atoms with E-state index in [1.165, 1.54) is 0 Å². The summed E-state index contributed by atoms with van der Waals surface area (Å²) < 4.78 is 40.3. The van der Waals surface area contributed by atoms with E-state index in [1.54, 1.807) is 0 Å². The lowest BCUT2D eigenvalue weighted by Gasteiger charge is -2.35. The van der Waals surface area contributed by atoms with E-state index in [2.05, 4.69) is 19.9 Å². The number of nitrogens with zero attached hydrogens (tertiary/aromatic N) is 5. The van der Waals surface area contributed by atoms with Crippen molar-refractivity contribution >= 4 is 23.4 Å². The first-order valence-corrected chi connectivity index (χ1v) is 7.58. The predicted molar refractivity (Wildman–Crippen MR) is 80.8 cm³/mol. The molecular formula is C12H18ClF3N6O2. The Kier molecular flexibility index (Phi) is 6.38. The lowest BCUT2D eigenvalue weighted by atomic mass is 10.2. The summed E-state index contributed by atoms with van der Waals surface area (Å²) in [6.07, 6.45) is -5.37. The van der Waals surface area contributed by atoms with E-state index in [0.29, 0.717) is 32.1 Å². The van der Waals surface area contributed by atoms with Gasteiger partial charge in [-0.1, -0.05) is 11.6 Å². The molecule has 0 amide bonds. The summed E-state index contributed by atoms with van der Waals surface area (Å²) in [5.41, 5.74) is 5.59. The van der Waals surface area contributed by atoms with Gasteiger partial charge in [-0.05, 0) is 0 Å². The molecule has 1 atom stereocenters. The minimum absolute atomic E-state index is 0.0411. The first kappa shape index (κ1) is 18.9. The van der Waals surface area contributed by atoms with Gasteiger partial charge in [0.25, 0.3) is 0 Å². The number of aromatic nitrogens is 3. The second kappa shape index (κ2) is 8.10. The molecule has 24 heavy (non-hydrogen) atoms. The van der Waals surface area contributed by atoms with Gasteiger partial charge < -0.3 is 20.5 Å². The molecule has 1 fully saturated rings. The zero-order valence-electron chi connectivity index (χ0n) is 12.7. The first-order chi connectivity index (χ1) is 11.2. The van der Waals surface area contributed by atoms with Crippen molar-refractivity contribution in [3.05, 3.63) is 5.15 Å². The second-order valence-corrected chi connectivity index (χ2v) is 5.72. The summed E-state index contributed by atoms with van der Waals surface area (Å²) in [6, 6.07) is 0. The van der Waals surface area contributed by atoms with Gasteiger partial charge in [0.1, 0.15) is 6.61 Å². The fourth-order valence-electron chi connectivity index (χ4n) is 2.24. The number of nitrogens with two attached hydrogens (primary N) is 1. The number of anilines is 2. The zero-order valence-corrected chi connectivity index (χ0v) is 13.5. The molecule has 0 unspecified atom stereocenters. The van der Waals surface area contributed by atoms with Gasteiger partial charge in [0.05, 0.1) is 12.7 Å². The fraction of sp³-hybridized carbons (Fsp3) is 0.750. The van der Waals surface area contributed by atoms with Gasteiger partial charge in [-0.25, -0.2) is 0 Å². The topological polar surface area (TPSA) is 101 Å². The summed E-state index contributed by atoms with van der Waals surface area (Å²) in [5.74, 6) is 0.465. The highest BCUT2D eigenvalue weighted by molar-refractivity contribution is 6.31. The number of hydrogen-bond donors (Lipinski definition) is 2. The standard InChI is InChI=1S/C12H18ClF3N6O2/c13-9-10(17)18-11(20-19-9)22-3-1-21(2-4-22)5-8(23)6-24-7-12(14,15)16/h8,23H,1-7H2,(H2,17,18,20)/t8-/m1/s1. The zero-order chi connectivity index (χ0) is 17.7. The molecule has 12 heteroatoms. The molecule has 1 aromatic rings. The Hall–Kier alpha value is -1.43. The van der Waals surface area contributed by atoms with Gasteiger partial charge in [-0.2, -0.15) is 18.2 Å². The molecule has 0 aromatic carbocycles. The van der Waals surface area contributed by atoms with Crippen LogP contribution in [0.15, 0.2) is 0 Å². The van der Waals surface area contributed by atoms with Gasteiger partial charge in [-0.15, -0.1) is 10.2 Å². The number of piperazine rings is 1. The third-order valence-corrected chi connectivity index (χ3v) is 3.63. The molecular weight excluding hydrogens is 353 g/mol. The van der Waals surface area contributed by atoms with Crippen LogP contribution in [0.5, 0.6) is 0 Å². The molecule has 1 aliphatic heterocycles. The number of alkyl halides is 3. The number of aliphatic hydroxyl groups excluding tert-OH is 1. The van der Waals surface area contributed by atoms with Gasteiger partial charge in [0, 0.05) is 32.7 Å². The van der Waals surface area contributed by atoms with E-state index < -0.39 is 18.9 Å². The highest BCUT2D eigenvalue weighted by atomic mass is 35.5. The maximum absolute atomic E-state index is 12.0. The number of rotatable bonds is 6. The average molecular weight is 371 g/mol. The van der Waals surface area contributed by atoms with Crippen LogP contribution in [0.1, 0.15) is 0 Å². The van der Waals surface area contributed by atoms with Crippen LogP contribution in [0.25, 0.3) is 0 Å². The maximum Gasteiger partial charge on any atom is 0.411 e. The van der Waals surface area contributed by atoms with Crippen LogP contribution in [0.4, 0.5) is 24.9 Å². The SMILES string of the molecule is Nc1nc(N2CCN(C[C@@H](O)COCC(F)(F)F)CC2)nnc1Cl. The normalized spacial score (nSPS) is 18.0. The molecule has 0 radical (unpaired) electrons. The number of ether oxygens (including phenoxy) is 1. The van der Waals surface area contributed by atoms with Crippen molar-refractivity contribution in [2.75, 3.05) is 56.6 Å². The van der Waals surface area contributed by atoms with E-state index in [4.69, 9.17) is 17.3 Å². The molecule has 3 N–H and O–H groups in total. The van der Waals surface area contributed by atoms with Crippen molar-refractivity contribution in [3.8, 4) is 0 Å². The number of hydrogen-bond acceptors (Lipinski definition) is 8. The van der Waals surface area contributed by atoms with Crippen LogP contribution in [-0.2, 0) is 4.74 Å². The van der Waals surface area contributed by atoms with Crippen LogP contribution in [0.3, 0.4) is 0 Å². The molecule has 2 heterocycles. The molecule has 2 rings (SSSR count). The van der Waals surface area contributed by atoms with Crippen LogP contribution in [-0.4, -0.2) is 83.4 Å². The summed E-state index contributed by atoms with van der Waals surface area (Å²) in [4.78, 5) is 7.83. The minimum atomic E-state index is -4.39. The highest BCUT2D eigenvalue weighted by Gasteiger charge is 2.28. The van der Waals surface area contributed by atoms with E-state index in [9.17, 15) is 18.3 Å². The number of nitrogen functional groups attached to an aromatic ring is 1. The van der Waals surface area contributed by atoms with Crippen molar-refractivity contribution in [1.82, 2.24) is 20.1 Å². The molecule has 0 spiro atoms. The fourth-order valence-corrected chi connectivity index (χ4v) is 2.32. The van der Waals surface area contributed by atoms with Crippen LogP contribution >= 0.6 is 11.6 Å². The van der Waals surface area contributed by atoms with E-state index in [0.717, 1.165) is 0 Å². The third kappa shape index (κ3) is 5.89. The molecule has 0 aliphatic carbocycles. The van der Waals surface area contributed by atoms with E-state index in [1.807, 2.05) is 9.80 Å². The highest BCUT2D eigenvalue weighted by Crippen LogP contribution is 2.17. The van der Waals surface area contributed by atoms with E-state index >= 15 is 0 Å². The van der Waals surface area contributed by atoms with Crippen molar-refractivity contribution < 1.29 is 23.0 Å². The second-order valence-electron chi connectivity index (χ2n) is 5.36. The first-order valence-electron chi connectivity index (χ1n) is 7.20. The predicted octanol–water partition coefficient (Wildman–Crippen LogP) is 0.169. The average Bonchev–Trinajstić information content (AvgIpc) is 2.49. The Morgan fingerprint density at radius 2 is 1.92 bits per heavy atom. The molecule has 1 saturated heterocycles. The Morgan fingerprint density at radius 1 is 1.25 bits per heavy atom. The molecule has 1 aromatic heterocycles. The Balaban J connectivity index is 1.73. The monoisotopic (exact) mass is 370 g/mol. The molecule has 1 aliphatic rings. The van der Waals surface area contributed by atoms with Crippen LogP contribution in [0, 0.1) is 0 Å². The van der Waals surface area contributed by atoms with Gasteiger partial charge in [-0.3, -0.25) is 4.90 Å². The molecule has 8 nitrogen and oxygen atoms in total. The molecule has 136 valence electrons. The van der Waals surface area contributed by atoms with Gasteiger partial charge >= 0.3 is 6.18 Å². The minimum Gasteiger partial charge on any atom is -0.389 e. The van der Waals surface area contributed by atoms with Crippen LogP contribution < -0.4 is 10.6 Å². The number of β-amino-alcohol motifs (C(OH)–C–C–N with tert-alkyl or cyclic N) is 1. The summed E-state index contributed by atoms with van der Waals surface area (Å²) in [6.45, 7) is 0.816. The number of halogens is 4. The van der Waals surface area contributed by atoms with Crippen molar-refractivity contribution in [2.24, 2.45) is 0 Å². The van der Waals surface area contributed by atoms with E-state index in [-0.39, 0.29) is 24.1 Å². The lowest BCUT2D eigenvalue weighted by Crippen LogP contribution is -2.49. The van der Waals surface area contributed by atoms with Gasteiger partial charge in [0.2, 0.25) is 5.95 Å². The van der Waals surface area contributed by atoms with Crippen molar-refractivity contribution in [2.45, 2.75) is 12.3 Å². The maximum atomic E-state index is 12.0. The third-order valence-electron chi connectivity index (χ3n) is 3.36. The largest absolute Gasteiger partial charge is 0.411 e. The summed E-state index contributed by atoms with van der Waals surface area (Å²) in [5, 5.41) is 17.3. The Morgan fingerprint density at radius 3 is 2.50 bits per heavy atom. The Labute approximate surface area is 141 Å². The summed E-state index contributed by atoms with van der Waals surface area (Å²) in [7, 11) is 0. The summed E-state index contributed by atoms with van der Waals surface area (Å²) >= 11 is 5.67. The van der Waals surface area contributed by atoms with Crippen molar-refractivity contribution in [3.63, 3.8) is 0 Å². The van der Waals surface area contributed by atoms with Gasteiger partial charge in [0.15, 0.2) is 11.0 Å². The lowest BCUT2D eigenvalue weighted by molar-refractivity contribution is -0.179. The van der Waals surface area contributed by atoms with Crippen molar-refractivity contribution in [1.29, 1.82) is 0 Å². The van der Waals surface area contributed by atoms with Crippen LogP contribution in [0.2, 0.25) is 5.15 Å². The molecule has 0 bridgehead atoms. The number of aliphatic hydroxyl groups is 1. The molecule has 0 saturated carbocycles. The Bertz CT molecular complexity index is 542.